The Balaban J connectivity index is 2.35. The first-order chi connectivity index (χ1) is 7.16. The van der Waals surface area contributed by atoms with Crippen molar-refractivity contribution in [3.05, 3.63) is 42.6 Å². The van der Waals surface area contributed by atoms with Crippen molar-refractivity contribution in [2.75, 3.05) is 0 Å². The maximum Gasteiger partial charge on any atom is 0.250 e. The minimum absolute atomic E-state index is 0.0344. The Bertz CT molecular complexity index is 485. The fraction of sp³-hybridized carbons (Fsp3) is 0.182. The summed E-state index contributed by atoms with van der Waals surface area (Å²) in [5, 5.41) is 0. The van der Waals surface area contributed by atoms with Gasteiger partial charge >= 0.3 is 0 Å². The Kier molecular flexibility index (Phi) is 2.33. The van der Waals surface area contributed by atoms with E-state index >= 15 is 0 Å². The average Bonchev–Trinajstić information content (AvgIpc) is 2.65. The van der Waals surface area contributed by atoms with Crippen LogP contribution in [0, 0.1) is 0 Å². The number of nitrogens with zero attached hydrogens (tertiary/aromatic N) is 3. The van der Waals surface area contributed by atoms with Gasteiger partial charge in [0.05, 0.1) is 7.05 Å². The molecule has 0 saturated carbocycles. The van der Waals surface area contributed by atoms with E-state index in [0.717, 1.165) is 5.82 Å². The number of hydrogen-bond donors (Lipinski definition) is 0. The predicted molar refractivity (Wildman–Crippen MR) is 54.7 cm³/mol. The fourth-order valence-corrected chi connectivity index (χ4v) is 1.33. The molecule has 76 valence electrons. The van der Waals surface area contributed by atoms with Crippen molar-refractivity contribution in [3.8, 4) is 5.82 Å². The van der Waals surface area contributed by atoms with E-state index in [0.29, 0.717) is 5.56 Å². The smallest absolute Gasteiger partial charge is 0.250 e. The van der Waals surface area contributed by atoms with E-state index in [9.17, 15) is 4.79 Å². The lowest BCUT2D eigenvalue weighted by Gasteiger charge is -1.96. The van der Waals surface area contributed by atoms with Crippen molar-refractivity contribution >= 4 is 5.78 Å². The summed E-state index contributed by atoms with van der Waals surface area (Å²) in [7, 11) is 1.94. The second-order valence-electron chi connectivity index (χ2n) is 3.45. The van der Waals surface area contributed by atoms with E-state index in [1.165, 1.54) is 6.92 Å². The first-order valence-electron chi connectivity index (χ1n) is 4.67. The third kappa shape index (κ3) is 1.93. The van der Waals surface area contributed by atoms with Gasteiger partial charge in [-0.25, -0.2) is 9.55 Å². The highest BCUT2D eigenvalue weighted by atomic mass is 16.1. The lowest BCUT2D eigenvalue weighted by molar-refractivity contribution is -0.670. The molecule has 0 amide bonds. The van der Waals surface area contributed by atoms with E-state index in [4.69, 9.17) is 0 Å². The highest BCUT2D eigenvalue weighted by molar-refractivity contribution is 5.93. The molecule has 0 N–H and O–H groups in total. The first-order valence-corrected chi connectivity index (χ1v) is 4.67. The number of aryl methyl sites for hydroxylation is 1. The van der Waals surface area contributed by atoms with Crippen LogP contribution in [-0.2, 0) is 7.05 Å². The third-order valence-corrected chi connectivity index (χ3v) is 2.19. The summed E-state index contributed by atoms with van der Waals surface area (Å²) >= 11 is 0. The summed E-state index contributed by atoms with van der Waals surface area (Å²) in [6.07, 6.45) is 7.35. The summed E-state index contributed by atoms with van der Waals surface area (Å²) in [5.74, 6) is 0.840. The number of ketones is 1. The van der Waals surface area contributed by atoms with Crippen molar-refractivity contribution in [1.82, 2.24) is 9.55 Å². The molecule has 0 spiro atoms. The number of aromatic nitrogens is 3. The Labute approximate surface area is 87.8 Å². The van der Waals surface area contributed by atoms with Crippen LogP contribution in [0.1, 0.15) is 17.3 Å². The van der Waals surface area contributed by atoms with E-state index in [1.807, 2.05) is 41.0 Å². The Morgan fingerprint density at radius 3 is 2.73 bits per heavy atom. The zero-order chi connectivity index (χ0) is 10.8. The van der Waals surface area contributed by atoms with Crippen LogP contribution in [0.4, 0.5) is 0 Å². The normalized spacial score (nSPS) is 10.3. The summed E-state index contributed by atoms with van der Waals surface area (Å²) in [4.78, 5) is 15.3. The quantitative estimate of drug-likeness (QED) is 0.536. The number of Topliss-reactive ketones (excluding diaryl/α,β-unsaturated/α-hetero) is 1. The van der Waals surface area contributed by atoms with Gasteiger partial charge in [0.1, 0.15) is 12.4 Å². The van der Waals surface area contributed by atoms with Gasteiger partial charge in [0.25, 0.3) is 0 Å². The summed E-state index contributed by atoms with van der Waals surface area (Å²) < 4.78 is 3.82. The molecule has 0 fully saturated rings. The highest BCUT2D eigenvalue weighted by Gasteiger charge is 2.06. The number of hydrogen-bond acceptors (Lipinski definition) is 2. The molecule has 0 bridgehead atoms. The summed E-state index contributed by atoms with van der Waals surface area (Å²) in [5.41, 5.74) is 0.635. The minimum Gasteiger partial charge on any atom is -0.294 e. The number of carbonyl (C=O) groups excluding carboxylic acids is 1. The molecule has 0 radical (unpaired) electrons. The van der Waals surface area contributed by atoms with Crippen LogP contribution in [0.2, 0.25) is 0 Å². The van der Waals surface area contributed by atoms with E-state index in [1.54, 1.807) is 12.3 Å². The van der Waals surface area contributed by atoms with Crippen LogP contribution >= 0.6 is 0 Å². The van der Waals surface area contributed by atoms with Gasteiger partial charge in [-0.15, -0.1) is 0 Å². The van der Waals surface area contributed by atoms with Crippen LogP contribution < -0.4 is 4.57 Å². The van der Waals surface area contributed by atoms with Crippen molar-refractivity contribution in [2.45, 2.75) is 6.92 Å². The highest BCUT2D eigenvalue weighted by Crippen LogP contribution is 2.05. The molecule has 2 aromatic rings. The SMILES string of the molecule is CC(=O)c1ccc(-n2cc[n+](C)c2)nc1. The molecule has 4 nitrogen and oxygen atoms in total. The lowest BCUT2D eigenvalue weighted by Crippen LogP contribution is -2.23. The molecule has 0 unspecified atom stereocenters. The molecule has 0 saturated heterocycles. The maximum atomic E-state index is 11.0. The van der Waals surface area contributed by atoms with Gasteiger partial charge < -0.3 is 0 Å². The Hall–Kier alpha value is -1.97. The van der Waals surface area contributed by atoms with Crippen LogP contribution in [0.5, 0.6) is 0 Å². The second kappa shape index (κ2) is 3.65. The molecule has 0 aliphatic carbocycles. The molecule has 4 heteroatoms. The van der Waals surface area contributed by atoms with Gasteiger partial charge in [0, 0.05) is 17.8 Å². The lowest BCUT2D eigenvalue weighted by atomic mass is 10.2. The standard InChI is InChI=1S/C11H12N3O/c1-9(15)10-3-4-11(12-7-10)14-6-5-13(2)8-14/h3-8H,1-2H3/q+1. The molecular weight excluding hydrogens is 190 g/mol. The van der Waals surface area contributed by atoms with Crippen molar-refractivity contribution < 1.29 is 9.36 Å². The summed E-state index contributed by atoms with van der Waals surface area (Å²) in [6, 6.07) is 3.61. The van der Waals surface area contributed by atoms with Gasteiger partial charge in [-0.3, -0.25) is 4.79 Å². The molecule has 2 aromatic heterocycles. The number of imidazole rings is 1. The van der Waals surface area contributed by atoms with E-state index in [2.05, 4.69) is 4.98 Å². The van der Waals surface area contributed by atoms with Crippen LogP contribution in [-0.4, -0.2) is 15.3 Å². The first kappa shape index (κ1) is 9.58. The third-order valence-electron chi connectivity index (χ3n) is 2.19. The largest absolute Gasteiger partial charge is 0.294 e. The van der Waals surface area contributed by atoms with Gasteiger partial charge in [-0.1, -0.05) is 0 Å². The molecular formula is C11H12N3O+. The molecule has 2 heterocycles. The average molecular weight is 202 g/mol. The Morgan fingerprint density at radius 1 is 1.47 bits per heavy atom. The number of pyridine rings is 1. The number of carbonyl (C=O) groups is 1. The van der Waals surface area contributed by atoms with Crippen LogP contribution in [0.3, 0.4) is 0 Å². The minimum atomic E-state index is 0.0344. The van der Waals surface area contributed by atoms with Gasteiger partial charge in [-0.05, 0) is 13.0 Å². The van der Waals surface area contributed by atoms with Crippen molar-refractivity contribution in [2.24, 2.45) is 7.05 Å². The fourth-order valence-electron chi connectivity index (χ4n) is 1.33. The molecule has 0 aliphatic rings. The zero-order valence-corrected chi connectivity index (χ0v) is 8.71. The topological polar surface area (TPSA) is 38.8 Å². The molecule has 2 rings (SSSR count). The van der Waals surface area contributed by atoms with Crippen LogP contribution in [0.25, 0.3) is 5.82 Å². The summed E-state index contributed by atoms with van der Waals surface area (Å²) in [6.45, 7) is 1.53. The van der Waals surface area contributed by atoms with Crippen molar-refractivity contribution in [3.63, 3.8) is 0 Å². The Morgan fingerprint density at radius 2 is 2.27 bits per heavy atom. The molecule has 0 atom stereocenters. The van der Waals surface area contributed by atoms with Crippen LogP contribution in [0.15, 0.2) is 37.1 Å². The maximum absolute atomic E-state index is 11.0. The molecule has 15 heavy (non-hydrogen) atoms. The van der Waals surface area contributed by atoms with Crippen molar-refractivity contribution in [1.29, 1.82) is 0 Å². The monoisotopic (exact) mass is 202 g/mol. The van der Waals surface area contributed by atoms with Gasteiger partial charge in [-0.2, -0.15) is 4.57 Å². The van der Waals surface area contributed by atoms with Gasteiger partial charge in [0.2, 0.25) is 12.1 Å². The number of rotatable bonds is 2. The predicted octanol–water partition coefficient (Wildman–Crippen LogP) is 0.899. The molecule has 0 aromatic carbocycles. The zero-order valence-electron chi connectivity index (χ0n) is 8.71. The van der Waals surface area contributed by atoms with E-state index in [-0.39, 0.29) is 5.78 Å². The molecule has 0 aliphatic heterocycles. The second-order valence-corrected chi connectivity index (χ2v) is 3.45. The van der Waals surface area contributed by atoms with E-state index < -0.39 is 0 Å². The van der Waals surface area contributed by atoms with Gasteiger partial charge in [0.15, 0.2) is 5.78 Å².